The summed E-state index contributed by atoms with van der Waals surface area (Å²) in [4.78, 5) is 10.3. The van der Waals surface area contributed by atoms with E-state index in [2.05, 4.69) is 0 Å². The van der Waals surface area contributed by atoms with Crippen LogP contribution in [0.5, 0.6) is 5.75 Å². The quantitative estimate of drug-likeness (QED) is 0.602. The van der Waals surface area contributed by atoms with Crippen molar-refractivity contribution in [3.63, 3.8) is 0 Å². The molecule has 0 unspecified atom stereocenters. The van der Waals surface area contributed by atoms with Gasteiger partial charge in [-0.05, 0) is 24.3 Å². The smallest absolute Gasteiger partial charge is 0.269 e. The Morgan fingerprint density at radius 1 is 1.17 bits per heavy atom. The van der Waals surface area contributed by atoms with E-state index in [-0.39, 0.29) is 5.69 Å². The molecule has 0 atom stereocenters. The van der Waals surface area contributed by atoms with Crippen LogP contribution in [0.15, 0.2) is 42.5 Å². The van der Waals surface area contributed by atoms with Gasteiger partial charge in [-0.25, -0.2) is 4.39 Å². The molecule has 0 N–H and O–H groups in total. The van der Waals surface area contributed by atoms with Crippen LogP contribution < -0.4 is 4.74 Å². The predicted octanol–water partition coefficient (Wildman–Crippen LogP) is 4.47. The van der Waals surface area contributed by atoms with Gasteiger partial charge in [-0.1, -0.05) is 17.7 Å². The molecule has 1 fully saturated rings. The van der Waals surface area contributed by atoms with Gasteiger partial charge >= 0.3 is 0 Å². The Labute approximate surface area is 143 Å². The summed E-state index contributed by atoms with van der Waals surface area (Å²) in [5, 5.41) is 11.1. The van der Waals surface area contributed by atoms with E-state index < -0.39 is 16.3 Å². The first-order valence-electron chi connectivity index (χ1n) is 7.47. The van der Waals surface area contributed by atoms with Crippen LogP contribution >= 0.6 is 11.6 Å². The van der Waals surface area contributed by atoms with Crippen LogP contribution in [0.1, 0.15) is 18.4 Å². The fourth-order valence-electron chi connectivity index (χ4n) is 2.85. The van der Waals surface area contributed by atoms with Gasteiger partial charge in [-0.15, -0.1) is 0 Å². The van der Waals surface area contributed by atoms with Gasteiger partial charge in [0.05, 0.1) is 18.1 Å². The summed E-state index contributed by atoms with van der Waals surface area (Å²) >= 11 is 5.84. The summed E-state index contributed by atoms with van der Waals surface area (Å²) in [5.41, 5.74) is -0.502. The molecule has 1 heterocycles. The maximum Gasteiger partial charge on any atom is 0.269 e. The van der Waals surface area contributed by atoms with Crippen LogP contribution in [0.3, 0.4) is 0 Å². The Morgan fingerprint density at radius 2 is 1.83 bits per heavy atom. The van der Waals surface area contributed by atoms with Crippen molar-refractivity contribution in [3.05, 3.63) is 69.0 Å². The molecule has 0 spiro atoms. The third-order valence-corrected chi connectivity index (χ3v) is 4.32. The normalized spacial score (nSPS) is 16.6. The molecule has 24 heavy (non-hydrogen) atoms. The van der Waals surface area contributed by atoms with E-state index in [1.165, 1.54) is 30.3 Å². The lowest BCUT2D eigenvalue weighted by atomic mass is 9.85. The van der Waals surface area contributed by atoms with Crippen LogP contribution in [-0.2, 0) is 10.3 Å². The molecule has 0 saturated carbocycles. The van der Waals surface area contributed by atoms with E-state index in [0.717, 1.165) is 0 Å². The maximum atomic E-state index is 14.5. The average Bonchev–Trinajstić information content (AvgIpc) is 2.56. The Balaban J connectivity index is 1.95. The number of hydrogen-bond donors (Lipinski definition) is 0. The van der Waals surface area contributed by atoms with Crippen LogP contribution in [0, 0.1) is 15.9 Å². The van der Waals surface area contributed by atoms with Gasteiger partial charge in [-0.3, -0.25) is 10.1 Å². The summed E-state index contributed by atoms with van der Waals surface area (Å²) in [7, 11) is 0. The number of halogens is 2. The predicted molar refractivity (Wildman–Crippen MR) is 86.9 cm³/mol. The van der Waals surface area contributed by atoms with Gasteiger partial charge in [0.1, 0.15) is 17.2 Å². The summed E-state index contributed by atoms with van der Waals surface area (Å²) in [5.74, 6) is 0.00293. The Hall–Kier alpha value is -2.18. The van der Waals surface area contributed by atoms with Crippen molar-refractivity contribution in [2.24, 2.45) is 0 Å². The standard InChI is InChI=1S/C17H15ClFNO4/c18-12-1-6-15(16(19)11-12)17(7-9-23-10-8-17)24-14-4-2-13(3-5-14)20(21)22/h1-6,11H,7-10H2. The van der Waals surface area contributed by atoms with E-state index in [1.807, 2.05) is 0 Å². The van der Waals surface area contributed by atoms with Gasteiger partial charge < -0.3 is 9.47 Å². The second kappa shape index (κ2) is 6.75. The first-order chi connectivity index (χ1) is 11.5. The number of rotatable bonds is 4. The third kappa shape index (κ3) is 3.34. The highest BCUT2D eigenvalue weighted by atomic mass is 35.5. The maximum absolute atomic E-state index is 14.5. The van der Waals surface area contributed by atoms with Gasteiger partial charge in [-0.2, -0.15) is 0 Å². The Morgan fingerprint density at radius 3 is 2.42 bits per heavy atom. The third-order valence-electron chi connectivity index (χ3n) is 4.08. The van der Waals surface area contributed by atoms with E-state index in [4.69, 9.17) is 21.1 Å². The molecule has 1 aliphatic rings. The van der Waals surface area contributed by atoms with Gasteiger partial charge in [0.2, 0.25) is 0 Å². The van der Waals surface area contributed by atoms with E-state index in [9.17, 15) is 14.5 Å². The van der Waals surface area contributed by atoms with Crippen molar-refractivity contribution in [3.8, 4) is 5.75 Å². The number of nitro benzene ring substituents is 1. The highest BCUT2D eigenvalue weighted by Gasteiger charge is 2.39. The van der Waals surface area contributed by atoms with Crippen molar-refractivity contribution in [1.82, 2.24) is 0 Å². The molecular formula is C17H15ClFNO4. The molecule has 0 bridgehead atoms. The molecule has 0 amide bonds. The fraction of sp³-hybridized carbons (Fsp3) is 0.294. The van der Waals surface area contributed by atoms with Crippen LogP contribution in [0.2, 0.25) is 5.02 Å². The number of non-ortho nitro benzene ring substituents is 1. The van der Waals surface area contributed by atoms with Gasteiger partial charge in [0, 0.05) is 35.6 Å². The van der Waals surface area contributed by atoms with Gasteiger partial charge in [0.15, 0.2) is 0 Å². The molecule has 5 nitrogen and oxygen atoms in total. The number of ether oxygens (including phenoxy) is 2. The summed E-state index contributed by atoms with van der Waals surface area (Å²) < 4.78 is 25.9. The fourth-order valence-corrected chi connectivity index (χ4v) is 3.01. The van der Waals surface area contributed by atoms with Crippen molar-refractivity contribution in [1.29, 1.82) is 0 Å². The van der Waals surface area contributed by atoms with E-state index in [1.54, 1.807) is 12.1 Å². The van der Waals surface area contributed by atoms with Crippen molar-refractivity contribution < 1.29 is 18.8 Å². The highest BCUT2D eigenvalue weighted by Crippen LogP contribution is 2.39. The van der Waals surface area contributed by atoms with Crippen molar-refractivity contribution in [2.75, 3.05) is 13.2 Å². The summed E-state index contributed by atoms with van der Waals surface area (Å²) in [6.45, 7) is 0.879. The number of hydrogen-bond acceptors (Lipinski definition) is 4. The molecule has 1 aliphatic heterocycles. The van der Waals surface area contributed by atoms with Crippen molar-refractivity contribution in [2.45, 2.75) is 18.4 Å². The Kier molecular flexibility index (Phi) is 4.69. The molecule has 0 aromatic heterocycles. The molecule has 2 aromatic rings. The second-order valence-electron chi connectivity index (χ2n) is 5.58. The van der Waals surface area contributed by atoms with Crippen molar-refractivity contribution >= 4 is 17.3 Å². The van der Waals surface area contributed by atoms with E-state index >= 15 is 0 Å². The number of nitrogens with zero attached hydrogens (tertiary/aromatic N) is 1. The number of nitro groups is 1. The minimum absolute atomic E-state index is 0.0268. The zero-order valence-corrected chi connectivity index (χ0v) is 13.5. The highest BCUT2D eigenvalue weighted by molar-refractivity contribution is 6.30. The molecule has 0 aliphatic carbocycles. The molecule has 126 valence electrons. The second-order valence-corrected chi connectivity index (χ2v) is 6.02. The van der Waals surface area contributed by atoms with Crippen LogP contribution in [0.25, 0.3) is 0 Å². The molecule has 7 heteroatoms. The van der Waals surface area contributed by atoms with Gasteiger partial charge in [0.25, 0.3) is 5.69 Å². The molecule has 2 aromatic carbocycles. The molecular weight excluding hydrogens is 337 g/mol. The number of benzene rings is 2. The Bertz CT molecular complexity index is 745. The summed E-state index contributed by atoms with van der Waals surface area (Å²) in [6.07, 6.45) is 0.949. The monoisotopic (exact) mass is 351 g/mol. The molecule has 3 rings (SSSR count). The molecule has 0 radical (unpaired) electrons. The topological polar surface area (TPSA) is 61.6 Å². The van der Waals surface area contributed by atoms with Crippen LogP contribution in [-0.4, -0.2) is 18.1 Å². The first kappa shape index (κ1) is 16.7. The minimum atomic E-state index is -0.886. The lowest BCUT2D eigenvalue weighted by Gasteiger charge is -2.38. The zero-order chi connectivity index (χ0) is 17.2. The summed E-state index contributed by atoms with van der Waals surface area (Å²) in [6, 6.07) is 10.3. The zero-order valence-electron chi connectivity index (χ0n) is 12.7. The molecule has 1 saturated heterocycles. The van der Waals surface area contributed by atoms with Crippen LogP contribution in [0.4, 0.5) is 10.1 Å². The first-order valence-corrected chi connectivity index (χ1v) is 7.85. The van der Waals surface area contributed by atoms with E-state index in [0.29, 0.717) is 42.4 Å². The SMILES string of the molecule is O=[N+]([O-])c1ccc(OC2(c3ccc(Cl)cc3F)CCOCC2)cc1. The lowest BCUT2D eigenvalue weighted by molar-refractivity contribution is -0.384. The largest absolute Gasteiger partial charge is 0.482 e. The minimum Gasteiger partial charge on any atom is -0.482 e. The lowest BCUT2D eigenvalue weighted by Crippen LogP contribution is -2.40. The average molecular weight is 352 g/mol.